The molecule has 0 saturated heterocycles. The molecule has 24 heavy (non-hydrogen) atoms. The van der Waals surface area contributed by atoms with Crippen LogP contribution in [0.15, 0.2) is 54.6 Å². The van der Waals surface area contributed by atoms with Gasteiger partial charge in [-0.1, -0.05) is 30.3 Å². The summed E-state index contributed by atoms with van der Waals surface area (Å²) in [6, 6.07) is 17.0. The lowest BCUT2D eigenvalue weighted by Gasteiger charge is -2.29. The van der Waals surface area contributed by atoms with E-state index in [0.29, 0.717) is 26.2 Å². The third-order valence-electron chi connectivity index (χ3n) is 3.80. The molecule has 5 heteroatoms. The number of amides is 1. The summed E-state index contributed by atoms with van der Waals surface area (Å²) in [6.45, 7) is 1.28. The number of rotatable bonds is 6. The summed E-state index contributed by atoms with van der Waals surface area (Å²) in [5.41, 5.74) is 0. The van der Waals surface area contributed by atoms with Crippen LogP contribution in [0.3, 0.4) is 0 Å². The number of hydrogen-bond acceptors (Lipinski definition) is 4. The molecule has 2 aromatic rings. The van der Waals surface area contributed by atoms with Gasteiger partial charge in [0, 0.05) is 7.05 Å². The minimum absolute atomic E-state index is 0.0217. The van der Waals surface area contributed by atoms with Crippen LogP contribution in [0.2, 0.25) is 0 Å². The Balaban J connectivity index is 1.43. The molecule has 0 fully saturated rings. The van der Waals surface area contributed by atoms with Crippen molar-refractivity contribution in [1.82, 2.24) is 4.90 Å². The zero-order chi connectivity index (χ0) is 16.8. The van der Waals surface area contributed by atoms with E-state index in [1.807, 2.05) is 54.6 Å². The lowest BCUT2D eigenvalue weighted by Crippen LogP contribution is -2.42. The number of ether oxygens (including phenoxy) is 3. The van der Waals surface area contributed by atoms with E-state index < -0.39 is 0 Å². The number of para-hydroxylation sites is 3. The number of hydrogen-bond donors (Lipinski definition) is 0. The van der Waals surface area contributed by atoms with Gasteiger partial charge in [0.25, 0.3) is 0 Å². The Morgan fingerprint density at radius 1 is 1.12 bits per heavy atom. The van der Waals surface area contributed by atoms with Gasteiger partial charge in [-0.15, -0.1) is 0 Å². The van der Waals surface area contributed by atoms with Crippen molar-refractivity contribution in [3.8, 4) is 17.2 Å². The summed E-state index contributed by atoms with van der Waals surface area (Å²) in [7, 11) is 1.77. The Morgan fingerprint density at radius 3 is 2.62 bits per heavy atom. The number of nitrogens with zero attached hydrogens (tertiary/aromatic N) is 1. The van der Waals surface area contributed by atoms with Crippen LogP contribution in [0.4, 0.5) is 0 Å². The maximum Gasteiger partial charge on any atom is 0.225 e. The largest absolute Gasteiger partial charge is 0.493 e. The fraction of sp³-hybridized carbons (Fsp3) is 0.316. The van der Waals surface area contributed by atoms with E-state index in [4.69, 9.17) is 14.2 Å². The van der Waals surface area contributed by atoms with Crippen molar-refractivity contribution in [2.24, 2.45) is 0 Å². The average molecular weight is 327 g/mol. The van der Waals surface area contributed by atoms with E-state index in [-0.39, 0.29) is 12.0 Å². The summed E-state index contributed by atoms with van der Waals surface area (Å²) in [4.78, 5) is 13.9. The number of fused-ring (bicyclic) bond motifs is 1. The molecule has 0 N–H and O–H groups in total. The van der Waals surface area contributed by atoms with Crippen molar-refractivity contribution in [2.75, 3.05) is 26.8 Å². The highest BCUT2D eigenvalue weighted by Gasteiger charge is 2.23. The number of carbonyl (C=O) groups is 1. The quantitative estimate of drug-likeness (QED) is 0.818. The van der Waals surface area contributed by atoms with Crippen LogP contribution in [0.25, 0.3) is 0 Å². The topological polar surface area (TPSA) is 48.0 Å². The molecule has 0 saturated carbocycles. The highest BCUT2D eigenvalue weighted by Crippen LogP contribution is 2.30. The minimum atomic E-state index is -0.163. The predicted molar refractivity (Wildman–Crippen MR) is 90.5 cm³/mol. The van der Waals surface area contributed by atoms with Gasteiger partial charge in [0.1, 0.15) is 12.4 Å². The maximum atomic E-state index is 12.2. The summed E-state index contributed by atoms with van der Waals surface area (Å²) < 4.78 is 17.1. The molecule has 0 spiro atoms. The Kier molecular flexibility index (Phi) is 5.21. The fourth-order valence-corrected chi connectivity index (χ4v) is 2.52. The zero-order valence-corrected chi connectivity index (χ0v) is 13.7. The first-order valence-corrected chi connectivity index (χ1v) is 8.02. The van der Waals surface area contributed by atoms with Crippen LogP contribution >= 0.6 is 0 Å². The van der Waals surface area contributed by atoms with Gasteiger partial charge < -0.3 is 19.1 Å². The highest BCUT2D eigenvalue weighted by atomic mass is 16.6. The van der Waals surface area contributed by atoms with Gasteiger partial charge in [0.05, 0.1) is 19.6 Å². The molecule has 1 amide bonds. The molecule has 0 bridgehead atoms. The molecule has 0 radical (unpaired) electrons. The summed E-state index contributed by atoms with van der Waals surface area (Å²) in [6.07, 6.45) is 0.166. The molecular weight excluding hydrogens is 306 g/mol. The van der Waals surface area contributed by atoms with Crippen LogP contribution in [0.1, 0.15) is 6.42 Å². The smallest absolute Gasteiger partial charge is 0.225 e. The Hall–Kier alpha value is -2.69. The van der Waals surface area contributed by atoms with E-state index in [1.165, 1.54) is 0 Å². The van der Waals surface area contributed by atoms with Gasteiger partial charge in [-0.05, 0) is 24.3 Å². The summed E-state index contributed by atoms with van der Waals surface area (Å²) >= 11 is 0. The predicted octanol–water partition coefficient (Wildman–Crippen LogP) is 2.75. The van der Waals surface area contributed by atoms with Crippen molar-refractivity contribution in [2.45, 2.75) is 12.5 Å². The second-order valence-corrected chi connectivity index (χ2v) is 5.68. The van der Waals surface area contributed by atoms with Crippen molar-refractivity contribution < 1.29 is 19.0 Å². The summed E-state index contributed by atoms with van der Waals surface area (Å²) in [5, 5.41) is 0. The molecular formula is C19H21NO4. The molecule has 3 rings (SSSR count). The molecule has 1 atom stereocenters. The second kappa shape index (κ2) is 7.73. The van der Waals surface area contributed by atoms with Crippen molar-refractivity contribution in [3.05, 3.63) is 54.6 Å². The lowest BCUT2D eigenvalue weighted by atomic mass is 10.2. The van der Waals surface area contributed by atoms with Crippen LogP contribution in [0, 0.1) is 0 Å². The van der Waals surface area contributed by atoms with Gasteiger partial charge in [-0.3, -0.25) is 4.79 Å². The van der Waals surface area contributed by atoms with E-state index in [9.17, 15) is 4.79 Å². The van der Waals surface area contributed by atoms with Crippen LogP contribution in [-0.2, 0) is 4.79 Å². The van der Waals surface area contributed by atoms with Gasteiger partial charge in [0.15, 0.2) is 17.6 Å². The molecule has 1 unspecified atom stereocenters. The van der Waals surface area contributed by atoms with E-state index >= 15 is 0 Å². The SMILES string of the molecule is CN(CC1COc2ccccc2O1)C(=O)CCOc1ccccc1. The van der Waals surface area contributed by atoms with Crippen molar-refractivity contribution in [3.63, 3.8) is 0 Å². The van der Waals surface area contributed by atoms with Gasteiger partial charge >= 0.3 is 0 Å². The van der Waals surface area contributed by atoms with Crippen LogP contribution in [-0.4, -0.2) is 43.7 Å². The van der Waals surface area contributed by atoms with Crippen LogP contribution in [0.5, 0.6) is 17.2 Å². The second-order valence-electron chi connectivity index (χ2n) is 5.68. The molecule has 1 aliphatic heterocycles. The third kappa shape index (κ3) is 4.19. The maximum absolute atomic E-state index is 12.2. The van der Waals surface area contributed by atoms with E-state index in [2.05, 4.69) is 0 Å². The van der Waals surface area contributed by atoms with Gasteiger partial charge in [0.2, 0.25) is 5.91 Å². The fourth-order valence-electron chi connectivity index (χ4n) is 2.52. The van der Waals surface area contributed by atoms with E-state index in [0.717, 1.165) is 17.2 Å². The normalized spacial score (nSPS) is 15.6. The average Bonchev–Trinajstić information content (AvgIpc) is 2.62. The zero-order valence-electron chi connectivity index (χ0n) is 13.7. The number of likely N-dealkylation sites (N-methyl/N-ethyl adjacent to an activating group) is 1. The van der Waals surface area contributed by atoms with Crippen LogP contribution < -0.4 is 14.2 Å². The Bertz CT molecular complexity index is 674. The summed E-state index contributed by atoms with van der Waals surface area (Å²) in [5.74, 6) is 2.27. The first-order chi connectivity index (χ1) is 11.7. The van der Waals surface area contributed by atoms with Gasteiger partial charge in [-0.25, -0.2) is 0 Å². The highest BCUT2D eigenvalue weighted by molar-refractivity contribution is 5.76. The van der Waals surface area contributed by atoms with Crippen molar-refractivity contribution >= 4 is 5.91 Å². The standard InChI is InChI=1S/C19H21NO4/c1-20(19(21)11-12-22-15-7-3-2-4-8-15)13-16-14-23-17-9-5-6-10-18(17)24-16/h2-10,16H,11-14H2,1H3. The molecule has 1 aliphatic rings. The molecule has 5 nitrogen and oxygen atoms in total. The molecule has 2 aromatic carbocycles. The molecule has 1 heterocycles. The lowest BCUT2D eigenvalue weighted by molar-refractivity contribution is -0.131. The first-order valence-electron chi connectivity index (χ1n) is 8.02. The van der Waals surface area contributed by atoms with Crippen molar-refractivity contribution in [1.29, 1.82) is 0 Å². The van der Waals surface area contributed by atoms with Gasteiger partial charge in [-0.2, -0.15) is 0 Å². The third-order valence-corrected chi connectivity index (χ3v) is 3.80. The minimum Gasteiger partial charge on any atom is -0.493 e. The number of carbonyl (C=O) groups excluding carboxylic acids is 1. The first kappa shape index (κ1) is 16.2. The van der Waals surface area contributed by atoms with E-state index in [1.54, 1.807) is 11.9 Å². The Morgan fingerprint density at radius 2 is 1.83 bits per heavy atom. The molecule has 0 aromatic heterocycles. The Labute approximate surface area is 141 Å². The monoisotopic (exact) mass is 327 g/mol. The molecule has 126 valence electrons. The molecule has 0 aliphatic carbocycles. The number of benzene rings is 2.